The minimum atomic E-state index is -3.46. The van der Waals surface area contributed by atoms with Crippen LogP contribution in [0.3, 0.4) is 0 Å². The molecule has 3 fully saturated rings. The van der Waals surface area contributed by atoms with Gasteiger partial charge in [-0.25, -0.2) is 8.42 Å². The lowest BCUT2D eigenvalue weighted by Crippen LogP contribution is -2.52. The van der Waals surface area contributed by atoms with Crippen LogP contribution >= 0.6 is 0 Å². The minimum absolute atomic E-state index is 0.0599. The molecule has 1 amide bonds. The molecule has 0 atom stereocenters. The molecule has 1 aromatic rings. The van der Waals surface area contributed by atoms with Crippen molar-refractivity contribution in [1.82, 2.24) is 19.4 Å². The van der Waals surface area contributed by atoms with Gasteiger partial charge in [-0.1, -0.05) is 17.7 Å². The lowest BCUT2D eigenvalue weighted by molar-refractivity contribution is -0.123. The molecule has 2 aliphatic heterocycles. The zero-order valence-electron chi connectivity index (χ0n) is 17.2. The maximum atomic E-state index is 12.8. The topological polar surface area (TPSA) is 73.0 Å². The van der Waals surface area contributed by atoms with E-state index in [-0.39, 0.29) is 11.9 Å². The second-order valence-electron chi connectivity index (χ2n) is 8.60. The summed E-state index contributed by atoms with van der Waals surface area (Å²) in [6.45, 7) is 6.47. The van der Waals surface area contributed by atoms with Gasteiger partial charge in [-0.05, 0) is 44.7 Å². The summed E-state index contributed by atoms with van der Waals surface area (Å²) < 4.78 is 27.1. The van der Waals surface area contributed by atoms with Crippen LogP contribution in [0.5, 0.6) is 0 Å². The van der Waals surface area contributed by atoms with E-state index >= 15 is 0 Å². The highest BCUT2D eigenvalue weighted by molar-refractivity contribution is 7.89. The number of amides is 1. The van der Waals surface area contributed by atoms with E-state index in [1.807, 2.05) is 19.1 Å². The molecule has 4 rings (SSSR count). The number of nitrogens with one attached hydrogen (secondary N) is 1. The van der Waals surface area contributed by atoms with E-state index in [0.717, 1.165) is 37.5 Å². The average Bonchev–Trinajstić information content (AvgIpc) is 3.55. The molecule has 1 N–H and O–H groups in total. The van der Waals surface area contributed by atoms with Crippen LogP contribution in [-0.4, -0.2) is 86.3 Å². The molecule has 2 heterocycles. The maximum Gasteiger partial charge on any atom is 0.243 e. The third kappa shape index (κ3) is 5.17. The molecular formula is C21H32N4O3S. The standard InChI is InChI=1S/C21H32N4O3S/c1-17-2-6-20(7-3-17)29(27,28)25-14-12-23(13-15-25)16-21(26)22-18-8-10-24(11-9-18)19-4-5-19/h2-3,6-7,18-19H,4-5,8-16H2,1H3,(H,22,26). The van der Waals surface area contributed by atoms with E-state index in [0.29, 0.717) is 37.6 Å². The summed E-state index contributed by atoms with van der Waals surface area (Å²) in [5.41, 5.74) is 1.04. The van der Waals surface area contributed by atoms with Gasteiger partial charge >= 0.3 is 0 Å². The molecule has 0 spiro atoms. The van der Waals surface area contributed by atoms with Crippen LogP contribution in [0.25, 0.3) is 0 Å². The summed E-state index contributed by atoms with van der Waals surface area (Å²) in [4.78, 5) is 17.4. The largest absolute Gasteiger partial charge is 0.352 e. The number of hydrogen-bond acceptors (Lipinski definition) is 5. The first-order valence-electron chi connectivity index (χ1n) is 10.7. The van der Waals surface area contributed by atoms with Gasteiger partial charge in [0.05, 0.1) is 11.4 Å². The fourth-order valence-corrected chi connectivity index (χ4v) is 5.73. The van der Waals surface area contributed by atoms with E-state index in [1.165, 1.54) is 17.1 Å². The molecule has 8 heteroatoms. The van der Waals surface area contributed by atoms with Crippen molar-refractivity contribution in [2.75, 3.05) is 45.8 Å². The highest BCUT2D eigenvalue weighted by Gasteiger charge is 2.33. The molecule has 1 saturated carbocycles. The van der Waals surface area contributed by atoms with Gasteiger partial charge in [0.1, 0.15) is 0 Å². The third-order valence-corrected chi connectivity index (χ3v) is 8.23. The smallest absolute Gasteiger partial charge is 0.243 e. The fraction of sp³-hybridized carbons (Fsp3) is 0.667. The van der Waals surface area contributed by atoms with E-state index < -0.39 is 10.0 Å². The van der Waals surface area contributed by atoms with Crippen LogP contribution in [0, 0.1) is 6.92 Å². The lowest BCUT2D eigenvalue weighted by atomic mass is 10.0. The van der Waals surface area contributed by atoms with Gasteiger partial charge in [0.25, 0.3) is 0 Å². The molecule has 0 radical (unpaired) electrons. The summed E-state index contributed by atoms with van der Waals surface area (Å²) >= 11 is 0. The van der Waals surface area contributed by atoms with Crippen molar-refractivity contribution in [3.8, 4) is 0 Å². The Morgan fingerprint density at radius 3 is 2.17 bits per heavy atom. The molecule has 29 heavy (non-hydrogen) atoms. The van der Waals surface area contributed by atoms with Crippen molar-refractivity contribution >= 4 is 15.9 Å². The zero-order chi connectivity index (χ0) is 20.4. The van der Waals surface area contributed by atoms with Crippen LogP contribution in [0.1, 0.15) is 31.2 Å². The Bertz CT molecular complexity index is 807. The van der Waals surface area contributed by atoms with Crippen molar-refractivity contribution in [2.24, 2.45) is 0 Å². The number of likely N-dealkylation sites (tertiary alicyclic amines) is 1. The number of sulfonamides is 1. The van der Waals surface area contributed by atoms with Gasteiger partial charge in [0.2, 0.25) is 15.9 Å². The Balaban J connectivity index is 1.21. The number of carbonyl (C=O) groups is 1. The first-order valence-corrected chi connectivity index (χ1v) is 12.2. The molecule has 3 aliphatic rings. The Hall–Kier alpha value is -1.48. The summed E-state index contributed by atoms with van der Waals surface area (Å²) in [5, 5.41) is 3.18. The fourth-order valence-electron chi connectivity index (χ4n) is 4.31. The number of hydrogen-bond donors (Lipinski definition) is 1. The second kappa shape index (κ2) is 8.71. The van der Waals surface area contributed by atoms with Gasteiger partial charge in [0, 0.05) is 51.4 Å². The molecule has 7 nitrogen and oxygen atoms in total. The SMILES string of the molecule is Cc1ccc(S(=O)(=O)N2CCN(CC(=O)NC3CCN(C4CC4)CC3)CC2)cc1. The summed E-state index contributed by atoms with van der Waals surface area (Å²) in [6.07, 6.45) is 4.74. The van der Waals surface area contributed by atoms with Gasteiger partial charge in [-0.2, -0.15) is 4.31 Å². The molecule has 2 saturated heterocycles. The Morgan fingerprint density at radius 1 is 0.966 bits per heavy atom. The van der Waals surface area contributed by atoms with E-state index in [1.54, 1.807) is 12.1 Å². The van der Waals surface area contributed by atoms with Crippen LogP contribution in [0.4, 0.5) is 0 Å². The summed E-state index contributed by atoms with van der Waals surface area (Å²) in [6, 6.07) is 8.06. The number of piperidine rings is 1. The number of nitrogens with zero attached hydrogens (tertiary/aromatic N) is 3. The number of piperazine rings is 1. The van der Waals surface area contributed by atoms with Crippen molar-refractivity contribution in [3.63, 3.8) is 0 Å². The average molecular weight is 421 g/mol. The Morgan fingerprint density at radius 2 is 1.59 bits per heavy atom. The maximum absolute atomic E-state index is 12.8. The molecule has 0 aromatic heterocycles. The summed E-state index contributed by atoms with van der Waals surface area (Å²) in [5.74, 6) is 0.0599. The monoisotopic (exact) mass is 420 g/mol. The van der Waals surface area contributed by atoms with Crippen molar-refractivity contribution in [2.45, 2.75) is 49.6 Å². The zero-order valence-corrected chi connectivity index (χ0v) is 18.0. The predicted octanol–water partition coefficient (Wildman–Crippen LogP) is 1.04. The lowest BCUT2D eigenvalue weighted by Gasteiger charge is -2.35. The van der Waals surface area contributed by atoms with Crippen LogP contribution in [0.2, 0.25) is 0 Å². The third-order valence-electron chi connectivity index (χ3n) is 6.32. The van der Waals surface area contributed by atoms with Gasteiger partial charge < -0.3 is 10.2 Å². The highest BCUT2D eigenvalue weighted by Crippen LogP contribution is 2.29. The van der Waals surface area contributed by atoms with E-state index in [2.05, 4.69) is 15.1 Å². The normalized spacial score (nSPS) is 23.2. The second-order valence-corrected chi connectivity index (χ2v) is 10.5. The van der Waals surface area contributed by atoms with Gasteiger partial charge in [-0.3, -0.25) is 9.69 Å². The van der Waals surface area contributed by atoms with E-state index in [4.69, 9.17) is 0 Å². The number of rotatable bonds is 6. The summed E-state index contributed by atoms with van der Waals surface area (Å²) in [7, 11) is -3.46. The molecular weight excluding hydrogens is 388 g/mol. The molecule has 1 aromatic carbocycles. The molecule has 160 valence electrons. The molecule has 0 unspecified atom stereocenters. The van der Waals surface area contributed by atoms with Crippen molar-refractivity contribution < 1.29 is 13.2 Å². The quantitative estimate of drug-likeness (QED) is 0.745. The first-order chi connectivity index (χ1) is 13.9. The highest BCUT2D eigenvalue weighted by atomic mass is 32.2. The van der Waals surface area contributed by atoms with Crippen molar-refractivity contribution in [1.29, 1.82) is 0 Å². The Kier molecular flexibility index (Phi) is 6.24. The van der Waals surface area contributed by atoms with Crippen LogP contribution < -0.4 is 5.32 Å². The van der Waals surface area contributed by atoms with Gasteiger partial charge in [-0.15, -0.1) is 0 Å². The van der Waals surface area contributed by atoms with Crippen molar-refractivity contribution in [3.05, 3.63) is 29.8 Å². The number of carbonyl (C=O) groups excluding carboxylic acids is 1. The number of benzene rings is 1. The minimum Gasteiger partial charge on any atom is -0.352 e. The predicted molar refractivity (Wildman–Crippen MR) is 112 cm³/mol. The van der Waals surface area contributed by atoms with E-state index in [9.17, 15) is 13.2 Å². The first kappa shape index (κ1) is 20.8. The van der Waals surface area contributed by atoms with Crippen LogP contribution in [-0.2, 0) is 14.8 Å². The van der Waals surface area contributed by atoms with Gasteiger partial charge in [0.15, 0.2) is 0 Å². The molecule has 1 aliphatic carbocycles. The molecule has 0 bridgehead atoms. The Labute approximate surface area is 174 Å². The van der Waals surface area contributed by atoms with Crippen LogP contribution in [0.15, 0.2) is 29.2 Å². The number of aryl methyl sites for hydroxylation is 1.